The highest BCUT2D eigenvalue weighted by atomic mass is 32.2. The van der Waals surface area contributed by atoms with E-state index >= 15 is 0 Å². The molecule has 178 valence electrons. The van der Waals surface area contributed by atoms with Crippen LogP contribution < -0.4 is 11.1 Å². The van der Waals surface area contributed by atoms with Crippen molar-refractivity contribution in [1.29, 1.82) is 0 Å². The second-order valence-corrected chi connectivity index (χ2v) is 10.9. The van der Waals surface area contributed by atoms with Crippen molar-refractivity contribution in [2.45, 2.75) is 50.8 Å². The van der Waals surface area contributed by atoms with Gasteiger partial charge in [0.25, 0.3) is 10.0 Å². The highest BCUT2D eigenvalue weighted by molar-refractivity contribution is 7.90. The van der Waals surface area contributed by atoms with Gasteiger partial charge in [-0.15, -0.1) is 4.40 Å². The molecule has 1 aliphatic carbocycles. The van der Waals surface area contributed by atoms with Crippen LogP contribution in [0.4, 0.5) is 11.4 Å². The molecule has 4 N–H and O–H groups in total. The number of aliphatic hydroxyl groups excluding tert-OH is 1. The molecule has 2 aromatic rings. The van der Waals surface area contributed by atoms with Crippen molar-refractivity contribution in [3.05, 3.63) is 59.2 Å². The van der Waals surface area contributed by atoms with E-state index in [1.807, 2.05) is 19.1 Å². The number of carbonyl (C=O) groups excluding carboxylic acids is 1. The number of Topliss-reactive ketones (excluding diaryl/α,β-unsaturated/α-hetero) is 1. The van der Waals surface area contributed by atoms with E-state index in [0.29, 0.717) is 23.6 Å². The van der Waals surface area contributed by atoms with E-state index in [1.165, 1.54) is 6.07 Å². The smallest absolute Gasteiger partial charge is 0.286 e. The molecule has 1 heterocycles. The molecule has 0 bridgehead atoms. The number of nitrogens with one attached hydrogen (secondary N) is 1. The van der Waals surface area contributed by atoms with Crippen molar-refractivity contribution in [1.82, 2.24) is 0 Å². The van der Waals surface area contributed by atoms with Gasteiger partial charge in [-0.2, -0.15) is 8.42 Å². The zero-order valence-electron chi connectivity index (χ0n) is 19.6. The zero-order chi connectivity index (χ0) is 24.8. The summed E-state index contributed by atoms with van der Waals surface area (Å²) in [6.07, 6.45) is 1.34. The van der Waals surface area contributed by atoms with Crippen LogP contribution in [0.3, 0.4) is 0 Å². The number of ketones is 1. The standard InChI is InChI=1S/C25H28N4O4S/c1-14(2)11-12-25(4)18-8-6-5-7-17(18)22(30)21(23(25)31)24-28-19-10-9-16(27-15(3)26)13-20(19)34(32,33)29-24/h5-10,13-14,30H,11-12H2,1-4H3,(H2,26,27)(H,28,29)/t25-/m1/s1. The SMILES string of the molecule is CC(N)=Nc1ccc2c(c1)S(=O)(=O)N=C(C1=C(O)c3ccccc3[C@@](C)(CCC(C)C)C1=O)N2. The lowest BCUT2D eigenvalue weighted by Gasteiger charge is -2.36. The third kappa shape index (κ3) is 4.00. The average Bonchev–Trinajstić information content (AvgIpc) is 2.76. The molecule has 0 aromatic heterocycles. The van der Waals surface area contributed by atoms with Crippen molar-refractivity contribution in [3.8, 4) is 0 Å². The zero-order valence-corrected chi connectivity index (χ0v) is 20.4. The van der Waals surface area contributed by atoms with Crippen LogP contribution in [0.5, 0.6) is 0 Å². The molecule has 0 radical (unpaired) electrons. The number of anilines is 1. The molecule has 9 heteroatoms. The minimum Gasteiger partial charge on any atom is -0.506 e. The monoisotopic (exact) mass is 480 g/mol. The second kappa shape index (κ2) is 8.39. The number of nitrogens with two attached hydrogens (primary N) is 1. The fourth-order valence-corrected chi connectivity index (χ4v) is 5.53. The summed E-state index contributed by atoms with van der Waals surface area (Å²) in [7, 11) is -4.17. The summed E-state index contributed by atoms with van der Waals surface area (Å²) in [5.74, 6) is -0.188. The number of amidine groups is 2. The molecule has 2 aliphatic rings. The first-order valence-corrected chi connectivity index (χ1v) is 12.5. The lowest BCUT2D eigenvalue weighted by atomic mass is 9.66. The second-order valence-electron chi connectivity index (χ2n) is 9.34. The molecule has 8 nitrogen and oxygen atoms in total. The molecule has 0 spiro atoms. The van der Waals surface area contributed by atoms with Gasteiger partial charge in [-0.25, -0.2) is 4.99 Å². The molecule has 34 heavy (non-hydrogen) atoms. The topological polar surface area (TPSA) is 134 Å². The van der Waals surface area contributed by atoms with Crippen molar-refractivity contribution < 1.29 is 18.3 Å². The van der Waals surface area contributed by atoms with Crippen LogP contribution >= 0.6 is 0 Å². The van der Waals surface area contributed by atoms with E-state index < -0.39 is 15.4 Å². The quantitative estimate of drug-likeness (QED) is 0.427. The Labute approximate surface area is 199 Å². The number of aliphatic hydroxyl groups is 1. The van der Waals surface area contributed by atoms with Gasteiger partial charge in [0.2, 0.25) is 0 Å². The van der Waals surface area contributed by atoms with Gasteiger partial charge in [-0.1, -0.05) is 38.1 Å². The minimum atomic E-state index is -4.17. The molecule has 2 aromatic carbocycles. The predicted octanol–water partition coefficient (Wildman–Crippen LogP) is 4.45. The van der Waals surface area contributed by atoms with Gasteiger partial charge in [0.15, 0.2) is 11.6 Å². The fourth-order valence-electron chi connectivity index (χ4n) is 4.39. The van der Waals surface area contributed by atoms with Crippen molar-refractivity contribution in [2.75, 3.05) is 5.32 Å². The lowest BCUT2D eigenvalue weighted by molar-refractivity contribution is -0.120. The Morgan fingerprint density at radius 3 is 2.62 bits per heavy atom. The molecule has 0 saturated heterocycles. The van der Waals surface area contributed by atoms with Gasteiger partial charge < -0.3 is 16.2 Å². The summed E-state index contributed by atoms with van der Waals surface area (Å²) in [6.45, 7) is 7.60. The molecule has 1 aliphatic heterocycles. The summed E-state index contributed by atoms with van der Waals surface area (Å²) in [4.78, 5) is 17.9. The molecular weight excluding hydrogens is 452 g/mol. The number of hydrogen-bond acceptors (Lipinski definition) is 6. The summed E-state index contributed by atoms with van der Waals surface area (Å²) in [6, 6.07) is 11.7. The molecule has 1 atom stereocenters. The first-order chi connectivity index (χ1) is 15.9. The summed E-state index contributed by atoms with van der Waals surface area (Å²) < 4.78 is 30.0. The van der Waals surface area contributed by atoms with E-state index in [1.54, 1.807) is 31.2 Å². The minimum absolute atomic E-state index is 0.0786. The molecule has 0 unspecified atom stereocenters. The Hall–Kier alpha value is -3.46. The average molecular weight is 481 g/mol. The first kappa shape index (κ1) is 23.7. The molecule has 4 rings (SSSR count). The maximum atomic E-state index is 13.9. The van der Waals surface area contributed by atoms with Crippen molar-refractivity contribution >= 4 is 44.6 Å². The highest BCUT2D eigenvalue weighted by Gasteiger charge is 2.46. The number of carbonyl (C=O) groups is 1. The van der Waals surface area contributed by atoms with Gasteiger partial charge in [0.1, 0.15) is 16.2 Å². The van der Waals surface area contributed by atoms with Gasteiger partial charge in [0.05, 0.1) is 22.6 Å². The molecular formula is C25H28N4O4S. The van der Waals surface area contributed by atoms with Crippen LogP contribution in [-0.4, -0.2) is 31.0 Å². The largest absolute Gasteiger partial charge is 0.506 e. The van der Waals surface area contributed by atoms with Gasteiger partial charge in [-0.05, 0) is 56.4 Å². The number of aliphatic imine (C=N–C) groups is 1. The van der Waals surface area contributed by atoms with E-state index in [2.05, 4.69) is 28.6 Å². The third-order valence-electron chi connectivity index (χ3n) is 6.21. The normalized spacial score (nSPS) is 21.6. The van der Waals surface area contributed by atoms with Crippen molar-refractivity contribution in [3.63, 3.8) is 0 Å². The van der Waals surface area contributed by atoms with Gasteiger partial charge >= 0.3 is 0 Å². The van der Waals surface area contributed by atoms with Crippen LogP contribution in [0, 0.1) is 5.92 Å². The van der Waals surface area contributed by atoms with E-state index in [0.717, 1.165) is 12.0 Å². The Morgan fingerprint density at radius 1 is 1.24 bits per heavy atom. The molecule has 0 amide bonds. The predicted molar refractivity (Wildman–Crippen MR) is 134 cm³/mol. The Morgan fingerprint density at radius 2 is 1.94 bits per heavy atom. The summed E-state index contributed by atoms with van der Waals surface area (Å²) >= 11 is 0. The number of fused-ring (bicyclic) bond motifs is 2. The number of rotatable bonds is 5. The number of benzene rings is 2. The van der Waals surface area contributed by atoms with Crippen molar-refractivity contribution in [2.24, 2.45) is 21.0 Å². The van der Waals surface area contributed by atoms with Crippen LogP contribution in [-0.2, 0) is 20.2 Å². The Bertz CT molecular complexity index is 1390. The maximum absolute atomic E-state index is 13.9. The summed E-state index contributed by atoms with van der Waals surface area (Å²) in [5.41, 5.74) is 6.39. The van der Waals surface area contributed by atoms with Gasteiger partial charge in [-0.3, -0.25) is 4.79 Å². The fraction of sp³-hybridized carbons (Fsp3) is 0.320. The van der Waals surface area contributed by atoms with E-state index in [4.69, 9.17) is 5.73 Å². The Kier molecular flexibility index (Phi) is 5.85. The maximum Gasteiger partial charge on any atom is 0.286 e. The first-order valence-electron chi connectivity index (χ1n) is 11.1. The van der Waals surface area contributed by atoms with Crippen LogP contribution in [0.1, 0.15) is 51.7 Å². The lowest BCUT2D eigenvalue weighted by Crippen LogP contribution is -2.42. The van der Waals surface area contributed by atoms with E-state index in [9.17, 15) is 18.3 Å². The Balaban J connectivity index is 1.86. The number of nitrogens with zero attached hydrogens (tertiary/aromatic N) is 2. The van der Waals surface area contributed by atoms with Crippen LogP contribution in [0.2, 0.25) is 0 Å². The van der Waals surface area contributed by atoms with Gasteiger partial charge in [0, 0.05) is 5.56 Å². The van der Waals surface area contributed by atoms with Crippen LogP contribution in [0.15, 0.2) is 62.3 Å². The molecule has 0 saturated carbocycles. The molecule has 0 fully saturated rings. The van der Waals surface area contributed by atoms with E-state index in [-0.39, 0.29) is 39.4 Å². The number of sulfonamides is 1. The van der Waals surface area contributed by atoms with Crippen LogP contribution in [0.25, 0.3) is 5.76 Å². The number of hydrogen-bond donors (Lipinski definition) is 3. The highest BCUT2D eigenvalue weighted by Crippen LogP contribution is 2.44. The third-order valence-corrected chi connectivity index (χ3v) is 7.53. The summed E-state index contributed by atoms with van der Waals surface area (Å²) in [5, 5.41) is 14.1.